The Morgan fingerprint density at radius 3 is 2.27 bits per heavy atom. The summed E-state index contributed by atoms with van der Waals surface area (Å²) in [4.78, 5) is 0. The van der Waals surface area contributed by atoms with Crippen LogP contribution in [0.2, 0.25) is 0 Å². The molecule has 0 spiro atoms. The minimum atomic E-state index is -0.0654. The number of aliphatic hydroxyl groups is 2. The van der Waals surface area contributed by atoms with Crippen LogP contribution >= 0.6 is 0 Å². The molecular formula is C20H34O2. The normalized spacial score (nSPS) is 61.2. The molecule has 2 nitrogen and oxygen atoms in total. The summed E-state index contributed by atoms with van der Waals surface area (Å²) in [6, 6.07) is 0. The zero-order chi connectivity index (χ0) is 15.7. The van der Waals surface area contributed by atoms with Crippen LogP contribution in [0, 0.1) is 40.4 Å². The molecule has 126 valence electrons. The van der Waals surface area contributed by atoms with Gasteiger partial charge in [-0.05, 0) is 91.8 Å². The number of aliphatic hydroxyl groups excluding tert-OH is 2. The van der Waals surface area contributed by atoms with Gasteiger partial charge >= 0.3 is 0 Å². The molecular weight excluding hydrogens is 272 g/mol. The van der Waals surface area contributed by atoms with E-state index in [0.29, 0.717) is 5.41 Å². The maximum Gasteiger partial charge on any atom is 0.0596 e. The molecule has 2 heteroatoms. The van der Waals surface area contributed by atoms with Crippen molar-refractivity contribution in [2.75, 3.05) is 0 Å². The van der Waals surface area contributed by atoms with Crippen molar-refractivity contribution in [3.8, 4) is 0 Å². The molecule has 0 aromatic rings. The Bertz CT molecular complexity index is 449. The summed E-state index contributed by atoms with van der Waals surface area (Å²) in [6.45, 7) is 7.38. The Kier molecular flexibility index (Phi) is 3.48. The molecule has 0 aliphatic heterocycles. The predicted octanol–water partition coefficient (Wildman–Crippen LogP) is 4.00. The van der Waals surface area contributed by atoms with Crippen molar-refractivity contribution < 1.29 is 10.2 Å². The van der Waals surface area contributed by atoms with Crippen molar-refractivity contribution >= 4 is 0 Å². The van der Waals surface area contributed by atoms with Gasteiger partial charge in [-0.3, -0.25) is 0 Å². The van der Waals surface area contributed by atoms with E-state index in [-0.39, 0.29) is 17.6 Å². The van der Waals surface area contributed by atoms with Gasteiger partial charge in [0.25, 0.3) is 0 Å². The highest BCUT2D eigenvalue weighted by molar-refractivity contribution is 5.10. The van der Waals surface area contributed by atoms with E-state index in [9.17, 15) is 10.2 Å². The number of rotatable bonds is 0. The van der Waals surface area contributed by atoms with Crippen molar-refractivity contribution in [3.63, 3.8) is 0 Å². The Hall–Kier alpha value is -0.0800. The average molecular weight is 306 g/mol. The van der Waals surface area contributed by atoms with Gasteiger partial charge in [-0.15, -0.1) is 0 Å². The van der Waals surface area contributed by atoms with Crippen molar-refractivity contribution in [2.24, 2.45) is 40.4 Å². The fourth-order valence-electron chi connectivity index (χ4n) is 7.59. The molecule has 0 unspecified atom stereocenters. The first-order valence-corrected chi connectivity index (χ1v) is 9.72. The molecule has 4 fully saturated rings. The predicted molar refractivity (Wildman–Crippen MR) is 88.3 cm³/mol. The average Bonchev–Trinajstić information content (AvgIpc) is 2.77. The van der Waals surface area contributed by atoms with Crippen molar-refractivity contribution in [1.29, 1.82) is 0 Å². The van der Waals surface area contributed by atoms with Gasteiger partial charge in [-0.25, -0.2) is 0 Å². The third-order valence-corrected chi connectivity index (χ3v) is 8.95. The second-order valence-electron chi connectivity index (χ2n) is 9.77. The largest absolute Gasteiger partial charge is 0.393 e. The van der Waals surface area contributed by atoms with Crippen LogP contribution in [0.25, 0.3) is 0 Å². The maximum atomic E-state index is 10.6. The molecule has 0 bridgehead atoms. The Morgan fingerprint density at radius 1 is 0.818 bits per heavy atom. The lowest BCUT2D eigenvalue weighted by atomic mass is 9.43. The molecule has 0 aromatic heterocycles. The zero-order valence-corrected chi connectivity index (χ0v) is 14.6. The second-order valence-corrected chi connectivity index (χ2v) is 9.77. The molecule has 4 rings (SSSR count). The van der Waals surface area contributed by atoms with E-state index < -0.39 is 0 Å². The van der Waals surface area contributed by atoms with E-state index in [1.165, 1.54) is 32.1 Å². The first-order valence-electron chi connectivity index (χ1n) is 9.72. The van der Waals surface area contributed by atoms with Crippen LogP contribution in [0.1, 0.15) is 72.1 Å². The molecule has 4 aliphatic rings. The maximum absolute atomic E-state index is 10.6. The van der Waals surface area contributed by atoms with E-state index in [1.807, 2.05) is 0 Å². The highest BCUT2D eigenvalue weighted by Gasteiger charge is 2.61. The lowest BCUT2D eigenvalue weighted by Gasteiger charge is -2.62. The summed E-state index contributed by atoms with van der Waals surface area (Å²) < 4.78 is 0. The summed E-state index contributed by atoms with van der Waals surface area (Å²) in [5, 5.41) is 20.7. The Balaban J connectivity index is 1.67. The molecule has 0 heterocycles. The fourth-order valence-corrected chi connectivity index (χ4v) is 7.59. The smallest absolute Gasteiger partial charge is 0.0596 e. The van der Waals surface area contributed by atoms with Crippen LogP contribution in [0.5, 0.6) is 0 Å². The van der Waals surface area contributed by atoms with Gasteiger partial charge < -0.3 is 10.2 Å². The third-order valence-electron chi connectivity index (χ3n) is 8.95. The van der Waals surface area contributed by atoms with E-state index in [0.717, 1.165) is 48.9 Å². The number of hydrogen-bond acceptors (Lipinski definition) is 2. The zero-order valence-electron chi connectivity index (χ0n) is 14.6. The van der Waals surface area contributed by atoms with E-state index in [4.69, 9.17) is 0 Å². The van der Waals surface area contributed by atoms with Crippen molar-refractivity contribution in [2.45, 2.75) is 84.3 Å². The van der Waals surface area contributed by atoms with Gasteiger partial charge in [0, 0.05) is 0 Å². The second kappa shape index (κ2) is 4.96. The standard InChI is InChI=1S/C20H34O2/c1-12-10-13-11-14(21)6-8-19(13,2)16-7-9-20(3)15(18(12)16)4-5-17(20)22/h12-18,21-22H,4-11H2,1-3H3/t12-,13+,14+,15+,16+,17+,18+,19+,20+/m1/s1. The van der Waals surface area contributed by atoms with E-state index >= 15 is 0 Å². The minimum absolute atomic E-state index is 0.0519. The van der Waals surface area contributed by atoms with Crippen LogP contribution in [-0.4, -0.2) is 22.4 Å². The molecule has 0 radical (unpaired) electrons. The summed E-state index contributed by atoms with van der Waals surface area (Å²) in [5.74, 6) is 3.87. The molecule has 2 N–H and O–H groups in total. The first kappa shape index (κ1) is 15.4. The Morgan fingerprint density at radius 2 is 1.50 bits per heavy atom. The quantitative estimate of drug-likeness (QED) is 0.710. The Labute approximate surface area is 135 Å². The fraction of sp³-hybridized carbons (Fsp3) is 1.00. The highest BCUT2D eigenvalue weighted by atomic mass is 16.3. The SMILES string of the molecule is C[C@@H]1C[C@H]2C[C@@H](O)CC[C@]2(C)[C@H]2CC[C@]3(C)[C@@H](O)CC[C@H]3[C@H]12. The molecule has 22 heavy (non-hydrogen) atoms. The van der Waals surface area contributed by atoms with Crippen LogP contribution in [0.4, 0.5) is 0 Å². The highest BCUT2D eigenvalue weighted by Crippen LogP contribution is 2.67. The van der Waals surface area contributed by atoms with Gasteiger partial charge in [0.05, 0.1) is 12.2 Å². The minimum Gasteiger partial charge on any atom is -0.393 e. The monoisotopic (exact) mass is 306 g/mol. The summed E-state index contributed by atoms with van der Waals surface area (Å²) >= 11 is 0. The first-order chi connectivity index (χ1) is 10.4. The summed E-state index contributed by atoms with van der Waals surface area (Å²) in [5.41, 5.74) is 0.637. The molecule has 0 aromatic carbocycles. The van der Waals surface area contributed by atoms with Gasteiger partial charge in [0.2, 0.25) is 0 Å². The van der Waals surface area contributed by atoms with Crippen LogP contribution < -0.4 is 0 Å². The van der Waals surface area contributed by atoms with Crippen LogP contribution in [0.3, 0.4) is 0 Å². The van der Waals surface area contributed by atoms with Gasteiger partial charge in [-0.2, -0.15) is 0 Å². The lowest BCUT2D eigenvalue weighted by Crippen LogP contribution is -2.56. The van der Waals surface area contributed by atoms with Crippen LogP contribution in [-0.2, 0) is 0 Å². The van der Waals surface area contributed by atoms with Gasteiger partial charge in [0.1, 0.15) is 0 Å². The van der Waals surface area contributed by atoms with E-state index in [1.54, 1.807) is 0 Å². The molecule has 0 amide bonds. The van der Waals surface area contributed by atoms with Gasteiger partial charge in [-0.1, -0.05) is 20.8 Å². The summed E-state index contributed by atoms with van der Waals surface area (Å²) in [7, 11) is 0. The van der Waals surface area contributed by atoms with Crippen molar-refractivity contribution in [1.82, 2.24) is 0 Å². The van der Waals surface area contributed by atoms with Crippen LogP contribution in [0.15, 0.2) is 0 Å². The van der Waals surface area contributed by atoms with E-state index in [2.05, 4.69) is 20.8 Å². The number of hydrogen-bond donors (Lipinski definition) is 2. The topological polar surface area (TPSA) is 40.5 Å². The number of fused-ring (bicyclic) bond motifs is 5. The molecule has 0 saturated heterocycles. The summed E-state index contributed by atoms with van der Waals surface area (Å²) in [6.07, 6.45) is 9.25. The molecule has 9 atom stereocenters. The van der Waals surface area contributed by atoms with Gasteiger partial charge in [0.15, 0.2) is 0 Å². The molecule has 4 aliphatic carbocycles. The third kappa shape index (κ3) is 1.92. The lowest BCUT2D eigenvalue weighted by molar-refractivity contribution is -0.153. The molecule has 4 saturated carbocycles. The van der Waals surface area contributed by atoms with Crippen molar-refractivity contribution in [3.05, 3.63) is 0 Å².